The van der Waals surface area contributed by atoms with Crippen molar-refractivity contribution in [1.82, 2.24) is 0 Å². The number of carbonyl (C=O) groups excluding carboxylic acids is 1. The van der Waals surface area contributed by atoms with Gasteiger partial charge < -0.3 is 14.2 Å². The second kappa shape index (κ2) is 11.2. The van der Waals surface area contributed by atoms with Gasteiger partial charge in [-0.05, 0) is 68.0 Å². The van der Waals surface area contributed by atoms with Crippen molar-refractivity contribution in [3.63, 3.8) is 0 Å². The lowest BCUT2D eigenvalue weighted by Crippen LogP contribution is -2.14. The fourth-order valence-electron chi connectivity index (χ4n) is 3.11. The fourth-order valence-corrected chi connectivity index (χ4v) is 4.05. The number of hydrogen-bond acceptors (Lipinski definition) is 6. The third-order valence-electron chi connectivity index (χ3n) is 4.90. The van der Waals surface area contributed by atoms with Crippen LogP contribution < -0.4 is 14.2 Å². The first-order chi connectivity index (χ1) is 17.4. The number of alkyl halides is 3. The minimum absolute atomic E-state index is 0.0440. The van der Waals surface area contributed by atoms with Crippen molar-refractivity contribution in [2.45, 2.75) is 24.9 Å². The second-order valence-electron chi connectivity index (χ2n) is 7.69. The molecule has 3 rings (SSSR count). The molecule has 0 unspecified atom stereocenters. The number of carbonyl (C=O) groups is 1. The number of rotatable bonds is 8. The first-order valence-electron chi connectivity index (χ1n) is 10.8. The van der Waals surface area contributed by atoms with E-state index in [9.17, 15) is 31.6 Å². The van der Waals surface area contributed by atoms with Gasteiger partial charge in [-0.1, -0.05) is 29.8 Å². The van der Waals surface area contributed by atoms with Gasteiger partial charge in [0.25, 0.3) is 5.91 Å². The number of benzene rings is 3. The molecular weight excluding hydrogens is 509 g/mol. The molecule has 0 saturated carbocycles. The van der Waals surface area contributed by atoms with Gasteiger partial charge in [0.2, 0.25) is 0 Å². The van der Waals surface area contributed by atoms with Crippen molar-refractivity contribution in [3.8, 4) is 17.6 Å². The SMILES string of the molecule is CCOc1cc(/C=C(\C#N)C(=O)Nc2cccc(C(F)(F)F)c2)ccc1OS(=O)(=O)c1ccc(C)cc1. The quantitative estimate of drug-likeness (QED) is 0.227. The summed E-state index contributed by atoms with van der Waals surface area (Å²) >= 11 is 0. The van der Waals surface area contributed by atoms with E-state index >= 15 is 0 Å². The van der Waals surface area contributed by atoms with Crippen molar-refractivity contribution in [3.05, 3.63) is 89.0 Å². The maximum absolute atomic E-state index is 12.9. The molecule has 0 aliphatic rings. The third-order valence-corrected chi connectivity index (χ3v) is 6.15. The number of ether oxygens (including phenoxy) is 1. The zero-order valence-corrected chi connectivity index (χ0v) is 20.5. The van der Waals surface area contributed by atoms with Crippen LogP contribution in [0.4, 0.5) is 18.9 Å². The molecule has 1 amide bonds. The van der Waals surface area contributed by atoms with Crippen molar-refractivity contribution >= 4 is 27.8 Å². The Kier molecular flexibility index (Phi) is 8.24. The average molecular weight is 531 g/mol. The number of halogens is 3. The van der Waals surface area contributed by atoms with E-state index in [0.29, 0.717) is 5.56 Å². The van der Waals surface area contributed by atoms with Gasteiger partial charge in [0, 0.05) is 5.69 Å². The third kappa shape index (κ3) is 7.11. The highest BCUT2D eigenvalue weighted by Crippen LogP contribution is 2.33. The van der Waals surface area contributed by atoms with Crippen LogP contribution in [-0.4, -0.2) is 20.9 Å². The van der Waals surface area contributed by atoms with Gasteiger partial charge >= 0.3 is 16.3 Å². The smallest absolute Gasteiger partial charge is 0.416 e. The first-order valence-corrected chi connectivity index (χ1v) is 12.2. The van der Waals surface area contributed by atoms with E-state index in [2.05, 4.69) is 5.32 Å². The Morgan fingerprint density at radius 1 is 1.05 bits per heavy atom. The van der Waals surface area contributed by atoms with E-state index in [1.165, 1.54) is 42.5 Å². The fraction of sp³-hybridized carbons (Fsp3) is 0.154. The molecule has 0 heterocycles. The zero-order valence-electron chi connectivity index (χ0n) is 19.7. The number of aryl methyl sites for hydroxylation is 1. The van der Waals surface area contributed by atoms with Crippen molar-refractivity contribution in [1.29, 1.82) is 5.26 Å². The number of nitrogens with one attached hydrogen (secondary N) is 1. The van der Waals surface area contributed by atoms with Crippen molar-refractivity contribution in [2.24, 2.45) is 0 Å². The Hall–Kier alpha value is -4.30. The zero-order chi connectivity index (χ0) is 27.2. The molecule has 0 bridgehead atoms. The number of amides is 1. The standard InChI is InChI=1S/C26H21F3N2O5S/c1-3-35-24-14-18(9-12-23(24)36-37(33,34)22-10-7-17(2)8-11-22)13-19(16-30)25(32)31-21-6-4-5-20(15-21)26(27,28)29/h4-15H,3H2,1-2H3,(H,31,32)/b19-13+. The highest BCUT2D eigenvalue weighted by atomic mass is 32.2. The van der Waals surface area contributed by atoms with E-state index in [1.54, 1.807) is 25.1 Å². The molecular formula is C26H21F3N2O5S. The largest absolute Gasteiger partial charge is 0.490 e. The Bertz CT molecular complexity index is 1480. The van der Waals surface area contributed by atoms with Crippen LogP contribution in [0, 0.1) is 18.3 Å². The van der Waals surface area contributed by atoms with E-state index in [-0.39, 0.29) is 28.7 Å². The van der Waals surface area contributed by atoms with Crippen LogP contribution in [0.15, 0.2) is 77.2 Å². The number of hydrogen-bond donors (Lipinski definition) is 1. The van der Waals surface area contributed by atoms with Crippen LogP contribution in [0.3, 0.4) is 0 Å². The van der Waals surface area contributed by atoms with Crippen LogP contribution >= 0.6 is 0 Å². The summed E-state index contributed by atoms with van der Waals surface area (Å²) in [6.07, 6.45) is -3.41. The summed E-state index contributed by atoms with van der Waals surface area (Å²) < 4.78 is 74.9. The lowest BCUT2D eigenvalue weighted by Gasteiger charge is -2.13. The predicted molar refractivity (Wildman–Crippen MR) is 130 cm³/mol. The first kappa shape index (κ1) is 27.3. The normalized spacial score (nSPS) is 11.9. The van der Waals surface area contributed by atoms with E-state index in [1.807, 2.05) is 6.92 Å². The summed E-state index contributed by atoms with van der Waals surface area (Å²) in [6.45, 7) is 3.64. The van der Waals surface area contributed by atoms with Crippen LogP contribution in [0.5, 0.6) is 11.5 Å². The molecule has 0 aromatic heterocycles. The summed E-state index contributed by atoms with van der Waals surface area (Å²) in [5.41, 5.74) is -0.332. The van der Waals surface area contributed by atoms with Crippen LogP contribution in [0.1, 0.15) is 23.6 Å². The monoisotopic (exact) mass is 530 g/mol. The minimum Gasteiger partial charge on any atom is -0.490 e. The summed E-state index contributed by atoms with van der Waals surface area (Å²) in [5.74, 6) is -0.990. The van der Waals surface area contributed by atoms with Crippen molar-refractivity contribution < 1.29 is 35.3 Å². The molecule has 192 valence electrons. The molecule has 0 aliphatic carbocycles. The van der Waals surface area contributed by atoms with Crippen LogP contribution in [0.2, 0.25) is 0 Å². The maximum atomic E-state index is 12.9. The molecule has 0 saturated heterocycles. The molecule has 0 spiro atoms. The molecule has 37 heavy (non-hydrogen) atoms. The number of anilines is 1. The van der Waals surface area contributed by atoms with Gasteiger partial charge in [-0.25, -0.2) is 0 Å². The van der Waals surface area contributed by atoms with Gasteiger partial charge in [-0.2, -0.15) is 26.9 Å². The topological polar surface area (TPSA) is 105 Å². The minimum atomic E-state index is -4.60. The Morgan fingerprint density at radius 2 is 1.76 bits per heavy atom. The lowest BCUT2D eigenvalue weighted by atomic mass is 10.1. The van der Waals surface area contributed by atoms with Gasteiger partial charge in [0.05, 0.1) is 12.2 Å². The van der Waals surface area contributed by atoms with Crippen molar-refractivity contribution in [2.75, 3.05) is 11.9 Å². The van der Waals surface area contributed by atoms with E-state index in [4.69, 9.17) is 8.92 Å². The summed E-state index contributed by atoms with van der Waals surface area (Å²) in [7, 11) is -4.17. The van der Waals surface area contributed by atoms with Gasteiger partial charge in [-0.3, -0.25) is 4.79 Å². The Labute approximate surface area is 211 Å². The molecule has 7 nitrogen and oxygen atoms in total. The second-order valence-corrected chi connectivity index (χ2v) is 9.24. The Morgan fingerprint density at radius 3 is 2.38 bits per heavy atom. The van der Waals surface area contributed by atoms with Crippen LogP contribution in [-0.2, 0) is 21.1 Å². The lowest BCUT2D eigenvalue weighted by molar-refractivity contribution is -0.137. The molecule has 0 atom stereocenters. The molecule has 3 aromatic carbocycles. The molecule has 3 aromatic rings. The highest BCUT2D eigenvalue weighted by Gasteiger charge is 2.30. The number of nitrogens with zero attached hydrogens (tertiary/aromatic N) is 1. The molecule has 0 radical (unpaired) electrons. The van der Waals surface area contributed by atoms with Gasteiger partial charge in [0.1, 0.15) is 16.5 Å². The summed E-state index contributed by atoms with van der Waals surface area (Å²) in [5, 5.41) is 11.7. The average Bonchev–Trinajstić information content (AvgIpc) is 2.84. The molecule has 0 aliphatic heterocycles. The van der Waals surface area contributed by atoms with Gasteiger partial charge in [0.15, 0.2) is 11.5 Å². The molecule has 1 N–H and O–H groups in total. The maximum Gasteiger partial charge on any atom is 0.416 e. The molecule has 0 fully saturated rings. The van der Waals surface area contributed by atoms with Gasteiger partial charge in [-0.15, -0.1) is 0 Å². The summed E-state index contributed by atoms with van der Waals surface area (Å²) in [6, 6.07) is 15.9. The predicted octanol–water partition coefficient (Wildman–Crippen LogP) is 5.73. The number of nitriles is 1. The molecule has 11 heteroatoms. The van der Waals surface area contributed by atoms with E-state index in [0.717, 1.165) is 23.8 Å². The van der Waals surface area contributed by atoms with Crippen LogP contribution in [0.25, 0.3) is 6.08 Å². The highest BCUT2D eigenvalue weighted by molar-refractivity contribution is 7.87. The van der Waals surface area contributed by atoms with E-state index < -0.39 is 33.3 Å². The summed E-state index contributed by atoms with van der Waals surface area (Å²) in [4.78, 5) is 12.5. The Balaban J connectivity index is 1.86.